The van der Waals surface area contributed by atoms with Crippen LogP contribution in [-0.2, 0) is 19.1 Å². The van der Waals surface area contributed by atoms with Crippen LogP contribution < -0.4 is 10.1 Å². The third-order valence-electron chi connectivity index (χ3n) is 7.59. The maximum atomic E-state index is 16.1. The van der Waals surface area contributed by atoms with E-state index in [1.54, 1.807) is 6.07 Å². The number of benzene rings is 2. The molecule has 3 atom stereocenters. The first-order valence-corrected chi connectivity index (χ1v) is 13.4. The van der Waals surface area contributed by atoms with Gasteiger partial charge in [0.1, 0.15) is 17.6 Å². The van der Waals surface area contributed by atoms with Gasteiger partial charge in [-0.25, -0.2) is 24.1 Å². The molecule has 2 aliphatic heterocycles. The van der Waals surface area contributed by atoms with E-state index < -0.39 is 72.8 Å². The van der Waals surface area contributed by atoms with Gasteiger partial charge in [0.05, 0.1) is 36.1 Å². The second kappa shape index (κ2) is 11.1. The van der Waals surface area contributed by atoms with E-state index in [1.807, 2.05) is 22.8 Å². The molecule has 0 fully saturated rings. The van der Waals surface area contributed by atoms with Crippen LogP contribution in [0.1, 0.15) is 65.3 Å². The van der Waals surface area contributed by atoms with E-state index in [2.05, 4.69) is 25.0 Å². The van der Waals surface area contributed by atoms with Gasteiger partial charge < -0.3 is 24.5 Å². The van der Waals surface area contributed by atoms with Gasteiger partial charge in [0.2, 0.25) is 5.78 Å². The first-order chi connectivity index (χ1) is 21.0. The number of ether oxygens (including phenoxy) is 2. The minimum atomic E-state index is -3.37. The molecule has 0 saturated carbocycles. The summed E-state index contributed by atoms with van der Waals surface area (Å²) in [6.45, 7) is -2.42. The summed E-state index contributed by atoms with van der Waals surface area (Å²) in [5, 5.41) is 11.5. The number of hydrogen-bond acceptors (Lipinski definition) is 9. The zero-order chi connectivity index (χ0) is 31.3. The fourth-order valence-electron chi connectivity index (χ4n) is 5.60. The molecule has 1 amide bonds. The summed E-state index contributed by atoms with van der Waals surface area (Å²) in [4.78, 5) is 60.7. The van der Waals surface area contributed by atoms with Crippen LogP contribution in [0.3, 0.4) is 0 Å². The molecule has 44 heavy (non-hydrogen) atoms. The number of rotatable bonds is 9. The SMILES string of the molecule is CC(C(=O)OCCC(=O)C(=O)O)c1ncc(-c2c(F)c(OC(F)F)cc3c2[C@H]2C[C@@H](NC3=O)c3nc4ccccc4n32)cn1. The van der Waals surface area contributed by atoms with E-state index in [0.717, 1.165) is 11.6 Å². The van der Waals surface area contributed by atoms with Gasteiger partial charge in [0.25, 0.3) is 5.91 Å². The minimum Gasteiger partial charge on any atom is -0.475 e. The number of carboxylic acids is 1. The number of aromatic nitrogens is 4. The van der Waals surface area contributed by atoms with Gasteiger partial charge in [-0.05, 0) is 37.1 Å². The number of para-hydroxylation sites is 2. The fourth-order valence-corrected chi connectivity index (χ4v) is 5.60. The molecule has 4 heterocycles. The quantitative estimate of drug-likeness (QED) is 0.211. The monoisotopic (exact) mass is 609 g/mol. The first kappa shape index (κ1) is 28.8. The molecule has 226 valence electrons. The second-order valence-electron chi connectivity index (χ2n) is 10.2. The van der Waals surface area contributed by atoms with Gasteiger partial charge in [0.15, 0.2) is 11.6 Å². The van der Waals surface area contributed by atoms with Gasteiger partial charge in [-0.1, -0.05) is 12.1 Å². The molecule has 2 bridgehead atoms. The van der Waals surface area contributed by atoms with Gasteiger partial charge in [0, 0.05) is 29.1 Å². The molecular weight excluding hydrogens is 587 g/mol. The molecule has 4 aromatic rings. The lowest BCUT2D eigenvalue weighted by Crippen LogP contribution is -2.28. The van der Waals surface area contributed by atoms with E-state index in [4.69, 9.17) is 9.84 Å². The smallest absolute Gasteiger partial charge is 0.387 e. The van der Waals surface area contributed by atoms with Crippen LogP contribution in [-0.4, -0.2) is 61.5 Å². The second-order valence-corrected chi connectivity index (χ2v) is 10.2. The van der Waals surface area contributed by atoms with Crippen molar-refractivity contribution in [3.8, 4) is 16.9 Å². The van der Waals surface area contributed by atoms with E-state index in [0.29, 0.717) is 17.8 Å². The van der Waals surface area contributed by atoms with E-state index in [-0.39, 0.29) is 28.1 Å². The maximum Gasteiger partial charge on any atom is 0.387 e. The molecule has 2 N–H and O–H groups in total. The Labute approximate surface area is 245 Å². The van der Waals surface area contributed by atoms with Crippen molar-refractivity contribution < 1.29 is 46.9 Å². The molecule has 12 nitrogen and oxygen atoms in total. The average molecular weight is 610 g/mol. The van der Waals surface area contributed by atoms with E-state index in [9.17, 15) is 28.0 Å². The van der Waals surface area contributed by atoms with Crippen LogP contribution in [0.4, 0.5) is 13.2 Å². The molecule has 0 radical (unpaired) electrons. The number of imidazole rings is 1. The number of carbonyl (C=O) groups is 4. The predicted octanol–water partition coefficient (Wildman–Crippen LogP) is 3.70. The molecule has 1 unspecified atom stereocenters. The number of carboxylic acid groups (broad SMARTS) is 1. The molecule has 0 spiro atoms. The zero-order valence-electron chi connectivity index (χ0n) is 22.8. The average Bonchev–Trinajstić information content (AvgIpc) is 3.50. The van der Waals surface area contributed by atoms with Crippen molar-refractivity contribution in [2.24, 2.45) is 0 Å². The Morgan fingerprint density at radius 2 is 1.91 bits per heavy atom. The molecule has 15 heteroatoms. The van der Waals surface area contributed by atoms with Gasteiger partial charge >= 0.3 is 18.6 Å². The summed E-state index contributed by atoms with van der Waals surface area (Å²) in [5.74, 6) is -6.75. The Balaban J connectivity index is 1.41. The predicted molar refractivity (Wildman–Crippen MR) is 143 cm³/mol. The number of amides is 1. The Bertz CT molecular complexity index is 1840. The summed E-state index contributed by atoms with van der Waals surface area (Å²) in [6.07, 6.45) is 2.18. The van der Waals surface area contributed by atoms with Crippen LogP contribution in [0.2, 0.25) is 0 Å². The summed E-state index contributed by atoms with van der Waals surface area (Å²) < 4.78 is 54.0. The summed E-state index contributed by atoms with van der Waals surface area (Å²) in [7, 11) is 0. The van der Waals surface area contributed by atoms with Crippen LogP contribution >= 0.6 is 0 Å². The summed E-state index contributed by atoms with van der Waals surface area (Å²) in [6, 6.07) is 7.08. The van der Waals surface area contributed by atoms with Crippen LogP contribution in [0, 0.1) is 5.82 Å². The van der Waals surface area contributed by atoms with Crippen LogP contribution in [0.25, 0.3) is 22.2 Å². The highest BCUT2D eigenvalue weighted by Gasteiger charge is 2.43. The van der Waals surface area contributed by atoms with Crippen molar-refractivity contribution >= 4 is 34.7 Å². The number of halogens is 3. The number of carbonyl (C=O) groups excluding carboxylic acids is 3. The third-order valence-corrected chi connectivity index (χ3v) is 7.59. The van der Waals surface area contributed by atoms with Crippen molar-refractivity contribution in [2.75, 3.05) is 6.61 Å². The highest BCUT2D eigenvalue weighted by atomic mass is 19.3. The number of hydrogen-bond donors (Lipinski definition) is 2. The van der Waals surface area contributed by atoms with Crippen molar-refractivity contribution in [1.82, 2.24) is 24.8 Å². The Hall–Kier alpha value is -5.34. The van der Waals surface area contributed by atoms with Gasteiger partial charge in [-0.3, -0.25) is 14.4 Å². The number of nitrogens with one attached hydrogen (secondary N) is 1. The number of Topliss-reactive ketones (excluding diaryl/α,β-unsaturated/α-hetero) is 1. The zero-order valence-corrected chi connectivity index (χ0v) is 22.8. The highest BCUT2D eigenvalue weighted by molar-refractivity contribution is 6.32. The van der Waals surface area contributed by atoms with Crippen molar-refractivity contribution in [3.63, 3.8) is 0 Å². The van der Waals surface area contributed by atoms with Crippen molar-refractivity contribution in [3.05, 3.63) is 71.3 Å². The number of nitrogens with zero attached hydrogens (tertiary/aromatic N) is 4. The molecule has 2 aliphatic rings. The lowest BCUT2D eigenvalue weighted by molar-refractivity contribution is -0.152. The molecule has 0 aliphatic carbocycles. The standard InChI is InChI=1S/C29H22F3N5O7/c1-12(28(42)43-7-6-19(38)27(40)41)24-33-10-13(11-34-24)21-22-14(8-20(23(21)30)44-29(31)32)26(39)36-16-9-18(22)37-17-5-3-2-4-15(17)35-25(16)37/h2-5,8,10-12,16,18,29H,6-7,9H2,1H3,(H,36,39)(H,40,41)/t12?,16-,18-/m1/s1. The molecule has 2 aromatic carbocycles. The normalized spacial score (nSPS) is 17.4. The van der Waals surface area contributed by atoms with Crippen LogP contribution in [0.15, 0.2) is 42.7 Å². The Morgan fingerprint density at radius 3 is 2.61 bits per heavy atom. The first-order valence-electron chi connectivity index (χ1n) is 13.4. The van der Waals surface area contributed by atoms with Crippen LogP contribution in [0.5, 0.6) is 5.75 Å². The van der Waals surface area contributed by atoms with Gasteiger partial charge in [-0.15, -0.1) is 0 Å². The van der Waals surface area contributed by atoms with Gasteiger partial charge in [-0.2, -0.15) is 8.78 Å². The molecule has 0 saturated heterocycles. The third kappa shape index (κ3) is 4.89. The van der Waals surface area contributed by atoms with E-state index in [1.165, 1.54) is 19.3 Å². The van der Waals surface area contributed by atoms with E-state index >= 15 is 4.39 Å². The number of ketones is 1. The number of fused-ring (bicyclic) bond motifs is 9. The molecular formula is C29H22F3N5O7. The lowest BCUT2D eigenvalue weighted by Gasteiger charge is -2.23. The maximum absolute atomic E-state index is 16.1. The highest BCUT2D eigenvalue weighted by Crippen LogP contribution is 2.49. The summed E-state index contributed by atoms with van der Waals surface area (Å²) in [5.41, 5.74) is 1.34. The fraction of sp³-hybridized carbons (Fsp3) is 0.276. The molecule has 2 aromatic heterocycles. The van der Waals surface area contributed by atoms with Crippen molar-refractivity contribution in [2.45, 2.75) is 44.4 Å². The van der Waals surface area contributed by atoms with Crippen molar-refractivity contribution in [1.29, 1.82) is 0 Å². The Kier molecular flexibility index (Phi) is 7.23. The summed E-state index contributed by atoms with van der Waals surface area (Å²) >= 11 is 0. The molecule has 6 rings (SSSR count). The number of alkyl halides is 2. The Morgan fingerprint density at radius 1 is 1.18 bits per heavy atom. The minimum absolute atomic E-state index is 0.0268. The largest absolute Gasteiger partial charge is 0.475 e. The number of esters is 1. The lowest BCUT2D eigenvalue weighted by atomic mass is 9.89. The number of aliphatic carboxylic acids is 1. The topological polar surface area (TPSA) is 163 Å².